The molecule has 0 saturated carbocycles. The zero-order chi connectivity index (χ0) is 15.9. The van der Waals surface area contributed by atoms with E-state index >= 15 is 0 Å². The molecule has 23 heavy (non-hydrogen) atoms. The molecule has 0 radical (unpaired) electrons. The smallest absolute Gasteiger partial charge is 0.251 e. The van der Waals surface area contributed by atoms with Crippen LogP contribution in [0.15, 0.2) is 54.6 Å². The fraction of sp³-hybridized carbons (Fsp3) is 0.188. The number of aromatic nitrogens is 3. The molecule has 0 atom stereocenters. The molecule has 1 amide bonds. The summed E-state index contributed by atoms with van der Waals surface area (Å²) in [6.07, 6.45) is 8.04. The van der Waals surface area contributed by atoms with Gasteiger partial charge in [0.15, 0.2) is 5.13 Å². The van der Waals surface area contributed by atoms with Crippen LogP contribution in [0.25, 0.3) is 0 Å². The highest BCUT2D eigenvalue weighted by atomic mass is 32.1. The molecule has 2 N–H and O–H groups in total. The van der Waals surface area contributed by atoms with Crippen LogP contribution in [0, 0.1) is 0 Å². The summed E-state index contributed by atoms with van der Waals surface area (Å²) in [7, 11) is 0. The maximum Gasteiger partial charge on any atom is 0.251 e. The number of imidazole rings is 1. The number of aryl methyl sites for hydroxylation is 1. The van der Waals surface area contributed by atoms with Crippen molar-refractivity contribution in [1.29, 1.82) is 0 Å². The highest BCUT2D eigenvalue weighted by Crippen LogP contribution is 2.19. The predicted molar refractivity (Wildman–Crippen MR) is 91.0 cm³/mol. The summed E-state index contributed by atoms with van der Waals surface area (Å²) in [5.74, 6) is -0.0709. The first-order valence-corrected chi connectivity index (χ1v) is 8.20. The van der Waals surface area contributed by atoms with Gasteiger partial charge < -0.3 is 15.2 Å². The number of rotatable bonds is 7. The van der Waals surface area contributed by atoms with E-state index in [1.165, 1.54) is 11.3 Å². The molecule has 1 aromatic carbocycles. The van der Waals surface area contributed by atoms with Crippen LogP contribution in [0.4, 0.5) is 10.8 Å². The lowest BCUT2D eigenvalue weighted by molar-refractivity contribution is 0.0953. The van der Waals surface area contributed by atoms with E-state index in [0.29, 0.717) is 12.1 Å². The topological polar surface area (TPSA) is 71.8 Å². The third-order valence-corrected chi connectivity index (χ3v) is 3.93. The van der Waals surface area contributed by atoms with Gasteiger partial charge in [-0.1, -0.05) is 6.07 Å². The van der Waals surface area contributed by atoms with Crippen molar-refractivity contribution in [3.63, 3.8) is 0 Å². The average molecular weight is 327 g/mol. The number of thiazole rings is 1. The van der Waals surface area contributed by atoms with Gasteiger partial charge in [-0.15, -0.1) is 11.3 Å². The second-order valence-corrected chi connectivity index (χ2v) is 5.85. The standard InChI is InChI=1S/C16H17N5OS/c22-15(18-5-2-8-21-9-6-17-12-21)13-3-1-4-14(11-13)20-16-19-7-10-23-16/h1,3-4,6-7,9-12H,2,5,8H2,(H,18,22)(H,19,20). The maximum absolute atomic E-state index is 12.2. The normalized spacial score (nSPS) is 10.4. The minimum Gasteiger partial charge on any atom is -0.352 e. The maximum atomic E-state index is 12.2. The lowest BCUT2D eigenvalue weighted by atomic mass is 10.2. The number of carbonyl (C=O) groups excluding carboxylic acids is 1. The lowest BCUT2D eigenvalue weighted by Gasteiger charge is -2.08. The third-order valence-electron chi connectivity index (χ3n) is 3.25. The summed E-state index contributed by atoms with van der Waals surface area (Å²) >= 11 is 1.52. The molecule has 0 aliphatic carbocycles. The van der Waals surface area contributed by atoms with Crippen molar-refractivity contribution >= 4 is 28.1 Å². The molecule has 0 fully saturated rings. The molecular formula is C16H17N5OS. The number of hydrogen-bond acceptors (Lipinski definition) is 5. The fourth-order valence-electron chi connectivity index (χ4n) is 2.13. The van der Waals surface area contributed by atoms with Gasteiger partial charge in [0, 0.05) is 48.3 Å². The van der Waals surface area contributed by atoms with Crippen LogP contribution < -0.4 is 10.6 Å². The minimum absolute atomic E-state index is 0.0709. The van der Waals surface area contributed by atoms with Gasteiger partial charge in [-0.05, 0) is 24.6 Å². The average Bonchev–Trinajstić information content (AvgIpc) is 3.25. The Morgan fingerprint density at radius 2 is 2.26 bits per heavy atom. The van der Waals surface area contributed by atoms with Crippen LogP contribution in [-0.2, 0) is 6.54 Å². The summed E-state index contributed by atoms with van der Waals surface area (Å²) in [4.78, 5) is 20.3. The first-order chi connectivity index (χ1) is 11.3. The van der Waals surface area contributed by atoms with Gasteiger partial charge >= 0.3 is 0 Å². The minimum atomic E-state index is -0.0709. The second-order valence-electron chi connectivity index (χ2n) is 4.95. The summed E-state index contributed by atoms with van der Waals surface area (Å²) in [5.41, 5.74) is 1.49. The van der Waals surface area contributed by atoms with E-state index < -0.39 is 0 Å². The van der Waals surface area contributed by atoms with E-state index in [4.69, 9.17) is 0 Å². The zero-order valence-corrected chi connectivity index (χ0v) is 13.3. The Bertz CT molecular complexity index is 740. The van der Waals surface area contributed by atoms with Crippen LogP contribution in [0.5, 0.6) is 0 Å². The predicted octanol–water partition coefficient (Wildman–Crippen LogP) is 2.90. The summed E-state index contributed by atoms with van der Waals surface area (Å²) in [6, 6.07) is 7.40. The second kappa shape index (κ2) is 7.55. The molecule has 118 valence electrons. The molecule has 0 aliphatic rings. The van der Waals surface area contributed by atoms with Gasteiger partial charge in [0.2, 0.25) is 0 Å². The van der Waals surface area contributed by atoms with Crippen molar-refractivity contribution in [2.75, 3.05) is 11.9 Å². The lowest BCUT2D eigenvalue weighted by Crippen LogP contribution is -2.25. The first kappa shape index (κ1) is 15.2. The Labute approximate surface area is 138 Å². The van der Waals surface area contributed by atoms with Gasteiger partial charge in [-0.25, -0.2) is 9.97 Å². The van der Waals surface area contributed by atoms with Crippen LogP contribution in [0.2, 0.25) is 0 Å². The Hall–Kier alpha value is -2.67. The summed E-state index contributed by atoms with van der Waals surface area (Å²) < 4.78 is 1.99. The summed E-state index contributed by atoms with van der Waals surface area (Å²) in [5, 5.41) is 8.83. The highest BCUT2D eigenvalue weighted by molar-refractivity contribution is 7.13. The molecule has 6 nitrogen and oxygen atoms in total. The molecule has 0 saturated heterocycles. The number of carbonyl (C=O) groups is 1. The molecule has 0 bridgehead atoms. The van der Waals surface area contributed by atoms with E-state index in [1.807, 2.05) is 34.3 Å². The van der Waals surface area contributed by atoms with Crippen LogP contribution >= 0.6 is 11.3 Å². The molecule has 7 heteroatoms. The van der Waals surface area contributed by atoms with E-state index in [-0.39, 0.29) is 5.91 Å². The van der Waals surface area contributed by atoms with Crippen molar-refractivity contribution < 1.29 is 4.79 Å². The van der Waals surface area contributed by atoms with Gasteiger partial charge in [0.25, 0.3) is 5.91 Å². The molecule has 2 aromatic heterocycles. The van der Waals surface area contributed by atoms with Crippen LogP contribution in [0.3, 0.4) is 0 Å². The summed E-state index contributed by atoms with van der Waals surface area (Å²) in [6.45, 7) is 1.47. The van der Waals surface area contributed by atoms with Crippen molar-refractivity contribution in [2.45, 2.75) is 13.0 Å². The Morgan fingerprint density at radius 3 is 3.04 bits per heavy atom. The van der Waals surface area contributed by atoms with E-state index in [1.54, 1.807) is 24.8 Å². The van der Waals surface area contributed by atoms with E-state index in [0.717, 1.165) is 23.8 Å². The zero-order valence-electron chi connectivity index (χ0n) is 12.5. The van der Waals surface area contributed by atoms with Crippen molar-refractivity contribution in [2.24, 2.45) is 0 Å². The Morgan fingerprint density at radius 1 is 1.30 bits per heavy atom. The molecule has 2 heterocycles. The molecule has 0 spiro atoms. The molecule has 3 aromatic rings. The number of anilines is 2. The Balaban J connectivity index is 1.50. The van der Waals surface area contributed by atoms with Crippen molar-refractivity contribution in [3.8, 4) is 0 Å². The number of amides is 1. The monoisotopic (exact) mass is 327 g/mol. The van der Waals surface area contributed by atoms with Crippen molar-refractivity contribution in [3.05, 3.63) is 60.1 Å². The van der Waals surface area contributed by atoms with Crippen molar-refractivity contribution in [1.82, 2.24) is 19.9 Å². The number of nitrogens with one attached hydrogen (secondary N) is 2. The van der Waals surface area contributed by atoms with E-state index in [9.17, 15) is 4.79 Å². The highest BCUT2D eigenvalue weighted by Gasteiger charge is 2.06. The van der Waals surface area contributed by atoms with Gasteiger partial charge in [0.1, 0.15) is 0 Å². The number of benzene rings is 1. The fourth-order valence-corrected chi connectivity index (χ4v) is 2.68. The quantitative estimate of drug-likeness (QED) is 0.655. The van der Waals surface area contributed by atoms with Crippen LogP contribution in [-0.4, -0.2) is 27.0 Å². The van der Waals surface area contributed by atoms with Crippen LogP contribution in [0.1, 0.15) is 16.8 Å². The largest absolute Gasteiger partial charge is 0.352 e. The molecule has 3 rings (SSSR count). The third kappa shape index (κ3) is 4.40. The van der Waals surface area contributed by atoms with Gasteiger partial charge in [-0.2, -0.15) is 0 Å². The first-order valence-electron chi connectivity index (χ1n) is 7.32. The molecular weight excluding hydrogens is 310 g/mol. The van der Waals surface area contributed by atoms with E-state index in [2.05, 4.69) is 20.6 Å². The van der Waals surface area contributed by atoms with Gasteiger partial charge in [0.05, 0.1) is 6.33 Å². The Kier molecular flexibility index (Phi) is 5.00. The number of hydrogen-bond donors (Lipinski definition) is 2. The number of nitrogens with zero attached hydrogens (tertiary/aromatic N) is 3. The van der Waals surface area contributed by atoms with Gasteiger partial charge in [-0.3, -0.25) is 4.79 Å². The SMILES string of the molecule is O=C(NCCCn1ccnc1)c1cccc(Nc2nccs2)c1. The molecule has 0 aliphatic heterocycles. The molecule has 0 unspecified atom stereocenters.